The fraction of sp³-hybridized carbons (Fsp3) is 0.300. The molecule has 0 aromatic heterocycles. The van der Waals surface area contributed by atoms with Crippen LogP contribution in [0.5, 0.6) is 0 Å². The maximum atomic E-state index is 6.06. The quantitative estimate of drug-likeness (QED) is 0.725. The van der Waals surface area contributed by atoms with E-state index in [9.17, 15) is 0 Å². The Hall–Kier alpha value is -1.22. The molecule has 0 saturated carbocycles. The summed E-state index contributed by atoms with van der Waals surface area (Å²) in [6, 6.07) is 5.68. The highest BCUT2D eigenvalue weighted by atomic mass is 35.5. The zero-order valence-corrected chi connectivity index (χ0v) is 8.51. The minimum atomic E-state index is 0.628. The first kappa shape index (κ1) is 9.34. The van der Waals surface area contributed by atoms with Crippen LogP contribution in [0.1, 0.15) is 5.56 Å². The van der Waals surface area contributed by atoms with Crippen molar-refractivity contribution in [2.24, 2.45) is 4.99 Å². The number of hydrogen-bond acceptors (Lipinski definition) is 3. The number of hydrogen-bond donors (Lipinski definition) is 2. The Labute approximate surface area is 88.0 Å². The lowest BCUT2D eigenvalue weighted by molar-refractivity contribution is 0.953. The van der Waals surface area contributed by atoms with Gasteiger partial charge in [-0.1, -0.05) is 23.7 Å². The number of amidine groups is 1. The first-order chi connectivity index (χ1) is 6.77. The van der Waals surface area contributed by atoms with Gasteiger partial charge in [0.25, 0.3) is 0 Å². The maximum Gasteiger partial charge on any atom is 0.101 e. The summed E-state index contributed by atoms with van der Waals surface area (Å²) in [6.07, 6.45) is 0.740. The van der Waals surface area contributed by atoms with Crippen LogP contribution in [0, 0.1) is 0 Å². The molecule has 1 aliphatic rings. The second-order valence-electron chi connectivity index (χ2n) is 3.25. The molecule has 0 spiro atoms. The Morgan fingerprint density at radius 3 is 3.07 bits per heavy atom. The van der Waals surface area contributed by atoms with Crippen LogP contribution in [-0.4, -0.2) is 18.9 Å². The summed E-state index contributed by atoms with van der Waals surface area (Å²) >= 11 is 6.06. The SMILES string of the molecule is Nc1cccc(CC2=NCCN2)c1Cl. The van der Waals surface area contributed by atoms with E-state index in [0.717, 1.165) is 30.9 Å². The zero-order chi connectivity index (χ0) is 9.97. The highest BCUT2D eigenvalue weighted by Crippen LogP contribution is 2.23. The molecular formula is C10H12ClN3. The highest BCUT2D eigenvalue weighted by Gasteiger charge is 2.09. The van der Waals surface area contributed by atoms with E-state index in [2.05, 4.69) is 10.3 Å². The van der Waals surface area contributed by atoms with Crippen LogP contribution < -0.4 is 11.1 Å². The molecule has 14 heavy (non-hydrogen) atoms. The van der Waals surface area contributed by atoms with Crippen molar-refractivity contribution in [3.8, 4) is 0 Å². The van der Waals surface area contributed by atoms with E-state index >= 15 is 0 Å². The van der Waals surface area contributed by atoms with Gasteiger partial charge in [0.15, 0.2) is 0 Å². The van der Waals surface area contributed by atoms with Crippen molar-refractivity contribution < 1.29 is 0 Å². The number of nitrogens with two attached hydrogens (primary N) is 1. The molecule has 0 bridgehead atoms. The number of aliphatic imine (C=N–C) groups is 1. The van der Waals surface area contributed by atoms with Crippen LogP contribution in [0.15, 0.2) is 23.2 Å². The van der Waals surface area contributed by atoms with E-state index in [4.69, 9.17) is 17.3 Å². The van der Waals surface area contributed by atoms with Crippen LogP contribution in [-0.2, 0) is 6.42 Å². The van der Waals surface area contributed by atoms with Crippen LogP contribution >= 0.6 is 11.6 Å². The number of nitrogens with zero attached hydrogens (tertiary/aromatic N) is 1. The predicted octanol–water partition coefficient (Wildman–Crippen LogP) is 1.47. The summed E-state index contributed by atoms with van der Waals surface area (Å²) in [6.45, 7) is 1.78. The van der Waals surface area contributed by atoms with Gasteiger partial charge in [0.2, 0.25) is 0 Å². The first-order valence-corrected chi connectivity index (χ1v) is 4.95. The molecule has 3 N–H and O–H groups in total. The number of nitrogen functional groups attached to an aromatic ring is 1. The molecule has 0 amide bonds. The molecule has 2 rings (SSSR count). The number of halogens is 1. The standard InChI is InChI=1S/C10H12ClN3/c11-10-7(2-1-3-8(10)12)6-9-13-4-5-14-9/h1-3H,4-6,12H2,(H,13,14). The largest absolute Gasteiger partial charge is 0.398 e. The van der Waals surface area contributed by atoms with Gasteiger partial charge in [-0.25, -0.2) is 0 Å². The van der Waals surface area contributed by atoms with Crippen molar-refractivity contribution >= 4 is 23.1 Å². The van der Waals surface area contributed by atoms with Crippen LogP contribution in [0.4, 0.5) is 5.69 Å². The molecule has 1 aromatic carbocycles. The van der Waals surface area contributed by atoms with E-state index in [1.807, 2.05) is 12.1 Å². The van der Waals surface area contributed by atoms with Crippen LogP contribution in [0.25, 0.3) is 0 Å². The lowest BCUT2D eigenvalue weighted by Crippen LogP contribution is -2.20. The molecule has 4 heteroatoms. The number of benzene rings is 1. The first-order valence-electron chi connectivity index (χ1n) is 4.57. The molecule has 1 heterocycles. The molecule has 0 saturated heterocycles. The second kappa shape index (κ2) is 3.88. The fourth-order valence-electron chi connectivity index (χ4n) is 1.48. The van der Waals surface area contributed by atoms with Crippen molar-refractivity contribution in [1.82, 2.24) is 5.32 Å². The van der Waals surface area contributed by atoms with Crippen molar-refractivity contribution in [3.63, 3.8) is 0 Å². The molecule has 0 radical (unpaired) electrons. The summed E-state index contributed by atoms with van der Waals surface area (Å²) < 4.78 is 0. The number of rotatable bonds is 2. The van der Waals surface area contributed by atoms with Gasteiger partial charge in [-0.3, -0.25) is 4.99 Å². The third-order valence-electron chi connectivity index (χ3n) is 2.21. The van der Waals surface area contributed by atoms with E-state index in [-0.39, 0.29) is 0 Å². The molecule has 74 valence electrons. The predicted molar refractivity (Wildman–Crippen MR) is 59.9 cm³/mol. The van der Waals surface area contributed by atoms with Gasteiger partial charge in [0, 0.05) is 13.0 Å². The van der Waals surface area contributed by atoms with Gasteiger partial charge < -0.3 is 11.1 Å². The summed E-state index contributed by atoms with van der Waals surface area (Å²) in [7, 11) is 0. The number of anilines is 1. The molecule has 0 fully saturated rings. The van der Waals surface area contributed by atoms with Crippen molar-refractivity contribution in [2.45, 2.75) is 6.42 Å². The maximum absolute atomic E-state index is 6.06. The zero-order valence-electron chi connectivity index (χ0n) is 7.76. The van der Waals surface area contributed by atoms with Gasteiger partial charge in [-0.15, -0.1) is 0 Å². The normalized spacial score (nSPS) is 15.1. The van der Waals surface area contributed by atoms with Gasteiger partial charge in [-0.2, -0.15) is 0 Å². The third kappa shape index (κ3) is 1.82. The lowest BCUT2D eigenvalue weighted by Gasteiger charge is -2.06. The molecule has 1 aliphatic heterocycles. The fourth-order valence-corrected chi connectivity index (χ4v) is 1.67. The number of nitrogens with one attached hydrogen (secondary N) is 1. The van der Waals surface area contributed by atoms with Crippen LogP contribution in [0.3, 0.4) is 0 Å². The highest BCUT2D eigenvalue weighted by molar-refractivity contribution is 6.34. The van der Waals surface area contributed by atoms with E-state index < -0.39 is 0 Å². The molecule has 0 aliphatic carbocycles. The Bertz CT molecular complexity index is 374. The third-order valence-corrected chi connectivity index (χ3v) is 2.67. The summed E-state index contributed by atoms with van der Waals surface area (Å²) in [5, 5.41) is 3.84. The Kier molecular flexibility index (Phi) is 2.59. The molecule has 0 atom stereocenters. The van der Waals surface area contributed by atoms with Crippen molar-refractivity contribution in [3.05, 3.63) is 28.8 Å². The summed E-state index contributed by atoms with van der Waals surface area (Å²) in [4.78, 5) is 4.31. The minimum absolute atomic E-state index is 0.628. The minimum Gasteiger partial charge on any atom is -0.398 e. The van der Waals surface area contributed by atoms with Crippen molar-refractivity contribution in [2.75, 3.05) is 18.8 Å². The van der Waals surface area contributed by atoms with Gasteiger partial charge >= 0.3 is 0 Å². The monoisotopic (exact) mass is 209 g/mol. The van der Waals surface area contributed by atoms with Gasteiger partial charge in [0.05, 0.1) is 17.3 Å². The molecular weight excluding hydrogens is 198 g/mol. The Morgan fingerprint density at radius 2 is 2.36 bits per heavy atom. The average Bonchev–Trinajstić information content (AvgIpc) is 2.66. The van der Waals surface area contributed by atoms with Crippen LogP contribution in [0.2, 0.25) is 5.02 Å². The van der Waals surface area contributed by atoms with E-state index in [1.165, 1.54) is 0 Å². The molecule has 3 nitrogen and oxygen atoms in total. The Balaban J connectivity index is 2.20. The molecule has 1 aromatic rings. The van der Waals surface area contributed by atoms with E-state index in [0.29, 0.717) is 10.7 Å². The second-order valence-corrected chi connectivity index (χ2v) is 3.63. The Morgan fingerprint density at radius 1 is 1.50 bits per heavy atom. The van der Waals surface area contributed by atoms with Gasteiger partial charge in [-0.05, 0) is 11.6 Å². The smallest absolute Gasteiger partial charge is 0.101 e. The average molecular weight is 210 g/mol. The van der Waals surface area contributed by atoms with E-state index in [1.54, 1.807) is 6.07 Å². The van der Waals surface area contributed by atoms with Gasteiger partial charge in [0.1, 0.15) is 5.84 Å². The summed E-state index contributed by atoms with van der Waals surface area (Å²) in [5.74, 6) is 0.998. The van der Waals surface area contributed by atoms with Crippen molar-refractivity contribution in [1.29, 1.82) is 0 Å². The molecule has 0 unspecified atom stereocenters. The summed E-state index contributed by atoms with van der Waals surface area (Å²) in [5.41, 5.74) is 7.36. The lowest BCUT2D eigenvalue weighted by atomic mass is 10.1. The topological polar surface area (TPSA) is 50.4 Å².